The molecule has 5 heteroatoms. The van der Waals surface area contributed by atoms with Gasteiger partial charge in [-0.15, -0.1) is 0 Å². The van der Waals surface area contributed by atoms with Gasteiger partial charge in [0.1, 0.15) is 17.5 Å². The van der Waals surface area contributed by atoms with E-state index in [-0.39, 0.29) is 0 Å². The number of nitrogens with zero attached hydrogens (tertiary/aromatic N) is 3. The molecule has 3 rings (SSSR count). The molecule has 0 saturated carbocycles. The molecule has 2 aromatic heterocycles. The summed E-state index contributed by atoms with van der Waals surface area (Å²) in [6.45, 7) is 4.99. The van der Waals surface area contributed by atoms with Crippen LogP contribution in [0.3, 0.4) is 0 Å². The first-order valence-electron chi connectivity index (χ1n) is 7.96. The standard InChI is InChI=1S/C18H21N5/c1-3-4-10-19-16-12-17(22-13(2)21-16)23-15-9-5-7-14-8-6-11-20-18(14)15/h5-9,11-12H,3-4,10H2,1-2H3,(H2,19,21,22,23). The minimum atomic E-state index is 0.738. The highest BCUT2D eigenvalue weighted by molar-refractivity contribution is 5.91. The third-order valence-electron chi connectivity index (χ3n) is 3.57. The van der Waals surface area contributed by atoms with Crippen molar-refractivity contribution in [3.63, 3.8) is 0 Å². The maximum Gasteiger partial charge on any atom is 0.136 e. The predicted octanol–water partition coefficient (Wildman–Crippen LogP) is 4.29. The normalized spacial score (nSPS) is 10.7. The number of nitrogens with one attached hydrogen (secondary N) is 2. The molecule has 1 aromatic carbocycles. The number of benzene rings is 1. The molecule has 0 aliphatic heterocycles. The van der Waals surface area contributed by atoms with Gasteiger partial charge in [0.05, 0.1) is 11.2 Å². The Bertz CT molecular complexity index is 795. The third-order valence-corrected chi connectivity index (χ3v) is 3.57. The molecule has 118 valence electrons. The average Bonchev–Trinajstić information content (AvgIpc) is 2.55. The quantitative estimate of drug-likeness (QED) is 0.665. The Morgan fingerprint density at radius 3 is 2.74 bits per heavy atom. The van der Waals surface area contributed by atoms with Gasteiger partial charge in [-0.2, -0.15) is 0 Å². The van der Waals surface area contributed by atoms with Gasteiger partial charge in [0.15, 0.2) is 0 Å². The van der Waals surface area contributed by atoms with E-state index < -0.39 is 0 Å². The van der Waals surface area contributed by atoms with Crippen molar-refractivity contribution in [3.05, 3.63) is 48.4 Å². The highest BCUT2D eigenvalue weighted by atomic mass is 15.1. The Morgan fingerprint density at radius 2 is 1.87 bits per heavy atom. The highest BCUT2D eigenvalue weighted by Gasteiger charge is 2.05. The molecule has 0 amide bonds. The molecule has 0 radical (unpaired) electrons. The molecule has 0 bridgehead atoms. The van der Waals surface area contributed by atoms with Crippen molar-refractivity contribution in [3.8, 4) is 0 Å². The van der Waals surface area contributed by atoms with E-state index in [1.807, 2.05) is 31.2 Å². The van der Waals surface area contributed by atoms with Gasteiger partial charge in [0, 0.05) is 24.2 Å². The first kappa shape index (κ1) is 15.2. The first-order valence-corrected chi connectivity index (χ1v) is 7.96. The fraction of sp³-hybridized carbons (Fsp3) is 0.278. The Morgan fingerprint density at radius 1 is 1.04 bits per heavy atom. The fourth-order valence-electron chi connectivity index (χ4n) is 2.46. The molecular weight excluding hydrogens is 286 g/mol. The summed E-state index contributed by atoms with van der Waals surface area (Å²) in [6, 6.07) is 12.0. The van der Waals surface area contributed by atoms with Crippen molar-refractivity contribution < 1.29 is 0 Å². The van der Waals surface area contributed by atoms with Crippen LogP contribution in [0, 0.1) is 6.92 Å². The van der Waals surface area contributed by atoms with Crippen LogP contribution in [-0.4, -0.2) is 21.5 Å². The number of aryl methyl sites for hydroxylation is 1. The lowest BCUT2D eigenvalue weighted by atomic mass is 10.2. The van der Waals surface area contributed by atoms with Crippen LogP contribution in [0.2, 0.25) is 0 Å². The van der Waals surface area contributed by atoms with Crippen LogP contribution in [0.25, 0.3) is 10.9 Å². The van der Waals surface area contributed by atoms with Crippen molar-refractivity contribution >= 4 is 28.2 Å². The molecule has 2 heterocycles. The maximum atomic E-state index is 4.47. The number of aromatic nitrogens is 3. The lowest BCUT2D eigenvalue weighted by Gasteiger charge is -2.11. The second-order valence-electron chi connectivity index (χ2n) is 5.47. The molecule has 0 spiro atoms. The van der Waals surface area contributed by atoms with Gasteiger partial charge < -0.3 is 10.6 Å². The molecule has 0 atom stereocenters. The number of pyridine rings is 1. The molecule has 0 aliphatic carbocycles. The maximum absolute atomic E-state index is 4.47. The summed E-state index contributed by atoms with van der Waals surface area (Å²) in [6.07, 6.45) is 4.08. The number of unbranched alkanes of at least 4 members (excludes halogenated alkanes) is 1. The molecule has 0 fully saturated rings. The Labute approximate surface area is 136 Å². The van der Waals surface area contributed by atoms with Crippen LogP contribution in [0.15, 0.2) is 42.6 Å². The SMILES string of the molecule is CCCCNc1cc(Nc2cccc3cccnc23)nc(C)n1. The lowest BCUT2D eigenvalue weighted by molar-refractivity contribution is 0.829. The summed E-state index contributed by atoms with van der Waals surface area (Å²) in [5.41, 5.74) is 1.88. The first-order chi connectivity index (χ1) is 11.3. The van der Waals surface area contributed by atoms with E-state index in [4.69, 9.17) is 0 Å². The van der Waals surface area contributed by atoms with Gasteiger partial charge >= 0.3 is 0 Å². The van der Waals surface area contributed by atoms with E-state index >= 15 is 0 Å². The van der Waals surface area contributed by atoms with Crippen molar-refractivity contribution in [2.45, 2.75) is 26.7 Å². The summed E-state index contributed by atoms with van der Waals surface area (Å²) < 4.78 is 0. The van der Waals surface area contributed by atoms with Gasteiger partial charge in [-0.1, -0.05) is 31.5 Å². The minimum Gasteiger partial charge on any atom is -0.370 e. The minimum absolute atomic E-state index is 0.738. The number of para-hydroxylation sites is 1. The van der Waals surface area contributed by atoms with Crippen LogP contribution in [0.1, 0.15) is 25.6 Å². The fourth-order valence-corrected chi connectivity index (χ4v) is 2.46. The highest BCUT2D eigenvalue weighted by Crippen LogP contribution is 2.24. The number of rotatable bonds is 6. The smallest absolute Gasteiger partial charge is 0.136 e. The molecule has 3 aromatic rings. The van der Waals surface area contributed by atoms with E-state index in [1.54, 1.807) is 6.20 Å². The second kappa shape index (κ2) is 7.05. The zero-order chi connectivity index (χ0) is 16.1. The molecule has 0 saturated heterocycles. The van der Waals surface area contributed by atoms with Crippen molar-refractivity contribution in [1.82, 2.24) is 15.0 Å². The van der Waals surface area contributed by atoms with Crippen LogP contribution >= 0.6 is 0 Å². The van der Waals surface area contributed by atoms with Crippen LogP contribution in [0.4, 0.5) is 17.3 Å². The van der Waals surface area contributed by atoms with E-state index in [9.17, 15) is 0 Å². The van der Waals surface area contributed by atoms with Gasteiger partial charge in [0.25, 0.3) is 0 Å². The summed E-state index contributed by atoms with van der Waals surface area (Å²) in [5, 5.41) is 7.81. The summed E-state index contributed by atoms with van der Waals surface area (Å²) in [7, 11) is 0. The van der Waals surface area contributed by atoms with Crippen molar-refractivity contribution in [1.29, 1.82) is 0 Å². The number of fused-ring (bicyclic) bond motifs is 1. The van der Waals surface area contributed by atoms with E-state index in [2.05, 4.69) is 44.6 Å². The Balaban J connectivity index is 1.86. The van der Waals surface area contributed by atoms with Gasteiger partial charge in [-0.3, -0.25) is 4.98 Å². The molecule has 2 N–H and O–H groups in total. The zero-order valence-corrected chi connectivity index (χ0v) is 13.5. The molecule has 5 nitrogen and oxygen atoms in total. The van der Waals surface area contributed by atoms with Crippen LogP contribution in [-0.2, 0) is 0 Å². The molecule has 0 unspecified atom stereocenters. The monoisotopic (exact) mass is 307 g/mol. The summed E-state index contributed by atoms with van der Waals surface area (Å²) in [5.74, 6) is 2.36. The van der Waals surface area contributed by atoms with E-state index in [0.29, 0.717) is 0 Å². The Kier molecular flexibility index (Phi) is 4.66. The van der Waals surface area contributed by atoms with E-state index in [1.165, 1.54) is 0 Å². The zero-order valence-electron chi connectivity index (χ0n) is 13.5. The summed E-state index contributed by atoms with van der Waals surface area (Å²) >= 11 is 0. The predicted molar refractivity (Wildman–Crippen MR) is 95.2 cm³/mol. The molecule has 0 aliphatic rings. The molecule has 23 heavy (non-hydrogen) atoms. The number of hydrogen-bond donors (Lipinski definition) is 2. The van der Waals surface area contributed by atoms with Crippen molar-refractivity contribution in [2.75, 3.05) is 17.2 Å². The van der Waals surface area contributed by atoms with Crippen LogP contribution < -0.4 is 10.6 Å². The lowest BCUT2D eigenvalue weighted by Crippen LogP contribution is -2.06. The molecular formula is C18H21N5. The van der Waals surface area contributed by atoms with Crippen molar-refractivity contribution in [2.24, 2.45) is 0 Å². The Hall–Kier alpha value is -2.69. The number of anilines is 3. The van der Waals surface area contributed by atoms with E-state index in [0.717, 1.165) is 53.4 Å². The largest absolute Gasteiger partial charge is 0.370 e. The second-order valence-corrected chi connectivity index (χ2v) is 5.47. The average molecular weight is 307 g/mol. The van der Waals surface area contributed by atoms with Crippen LogP contribution in [0.5, 0.6) is 0 Å². The van der Waals surface area contributed by atoms with Gasteiger partial charge in [-0.05, 0) is 25.5 Å². The summed E-state index contributed by atoms with van der Waals surface area (Å²) in [4.78, 5) is 13.4. The topological polar surface area (TPSA) is 62.7 Å². The number of hydrogen-bond acceptors (Lipinski definition) is 5. The third kappa shape index (κ3) is 3.74. The van der Waals surface area contributed by atoms with Gasteiger partial charge in [0.2, 0.25) is 0 Å². The van der Waals surface area contributed by atoms with Gasteiger partial charge in [-0.25, -0.2) is 9.97 Å².